The highest BCUT2D eigenvalue weighted by molar-refractivity contribution is 5.96. The molecule has 2 atom stereocenters. The van der Waals surface area contributed by atoms with Crippen LogP contribution in [0.25, 0.3) is 11.2 Å². The van der Waals surface area contributed by atoms with Crippen LogP contribution >= 0.6 is 0 Å². The van der Waals surface area contributed by atoms with Crippen LogP contribution in [0.3, 0.4) is 0 Å². The summed E-state index contributed by atoms with van der Waals surface area (Å²) in [6, 6.07) is 4.86. The van der Waals surface area contributed by atoms with Gasteiger partial charge in [-0.05, 0) is 69.6 Å². The second-order valence-electron chi connectivity index (χ2n) is 10.5. The first-order valence-electron chi connectivity index (χ1n) is 13.2. The lowest BCUT2D eigenvalue weighted by Crippen LogP contribution is -2.42. The van der Waals surface area contributed by atoms with Crippen molar-refractivity contribution >= 4 is 28.6 Å². The number of halogens is 4. The molecule has 1 aliphatic carbocycles. The topological polar surface area (TPSA) is 82.7 Å². The van der Waals surface area contributed by atoms with E-state index >= 15 is 0 Å². The first-order chi connectivity index (χ1) is 18.2. The maximum atomic E-state index is 14.1. The number of imidazole rings is 1. The molecule has 0 bridgehead atoms. The summed E-state index contributed by atoms with van der Waals surface area (Å²) >= 11 is 0. The van der Waals surface area contributed by atoms with Gasteiger partial charge in [0.25, 0.3) is 0 Å². The van der Waals surface area contributed by atoms with E-state index in [1.54, 1.807) is 6.92 Å². The molecular weight excluding hydrogens is 498 g/mol. The van der Waals surface area contributed by atoms with E-state index in [4.69, 9.17) is 10.4 Å². The van der Waals surface area contributed by atoms with Crippen molar-refractivity contribution in [2.75, 3.05) is 23.4 Å². The molecule has 2 unspecified atom stereocenters. The van der Waals surface area contributed by atoms with Crippen molar-refractivity contribution in [2.45, 2.75) is 77.2 Å². The number of nitrogens with zero attached hydrogens (tertiary/aromatic N) is 5. The molecule has 0 amide bonds. The number of fused-ring (bicyclic) bond motifs is 1. The molecule has 11 heteroatoms. The van der Waals surface area contributed by atoms with Gasteiger partial charge in [-0.2, -0.15) is 18.2 Å². The van der Waals surface area contributed by atoms with Gasteiger partial charge in [0.1, 0.15) is 12.2 Å². The number of aromatic nitrogens is 4. The fraction of sp³-hybridized carbons (Fsp3) is 0.556. The first kappa shape index (κ1) is 26.4. The van der Waals surface area contributed by atoms with Crippen LogP contribution in [0.5, 0.6) is 0 Å². The van der Waals surface area contributed by atoms with Crippen molar-refractivity contribution in [3.05, 3.63) is 41.2 Å². The third-order valence-corrected chi connectivity index (χ3v) is 7.82. The summed E-state index contributed by atoms with van der Waals surface area (Å²) in [6.45, 7) is 4.04. The number of hydrogen-bond donors (Lipinski definition) is 2. The Morgan fingerprint density at radius 3 is 2.42 bits per heavy atom. The lowest BCUT2D eigenvalue weighted by Gasteiger charge is -2.35. The van der Waals surface area contributed by atoms with Crippen LogP contribution < -0.4 is 10.2 Å². The van der Waals surface area contributed by atoms with Crippen LogP contribution in [0.1, 0.15) is 69.3 Å². The van der Waals surface area contributed by atoms with E-state index in [2.05, 4.69) is 22.2 Å². The van der Waals surface area contributed by atoms with Gasteiger partial charge in [-0.25, -0.2) is 14.4 Å². The zero-order chi connectivity index (χ0) is 27.0. The highest BCUT2D eigenvalue weighted by atomic mass is 19.4. The van der Waals surface area contributed by atoms with Crippen LogP contribution in [-0.2, 0) is 12.7 Å². The Bertz CT molecular complexity index is 1300. The molecule has 5 rings (SSSR count). The molecule has 2 aromatic heterocycles. The standard InChI is InChI=1S/C27H33F4N7/c1-16(32)23-34-24(33-17(2)19-6-5-7-19)22-25(35-23)36-26(37-13-4-3-8-21(37)14-28)38(22)15-18-9-11-20(12-10-18)27(29,30)31/h9-12,17,19,21,32H,3-8,13-15H2,1-2H3,(H,33,34,35). The van der Waals surface area contributed by atoms with Crippen LogP contribution in [0.4, 0.5) is 29.3 Å². The third-order valence-electron chi connectivity index (χ3n) is 7.82. The molecule has 3 aromatic rings. The number of hydrogen-bond acceptors (Lipinski definition) is 6. The van der Waals surface area contributed by atoms with E-state index in [1.165, 1.54) is 18.6 Å². The summed E-state index contributed by atoms with van der Waals surface area (Å²) in [5.74, 6) is 1.83. The van der Waals surface area contributed by atoms with E-state index in [0.717, 1.165) is 37.8 Å². The van der Waals surface area contributed by atoms with E-state index in [1.807, 2.05) is 9.47 Å². The van der Waals surface area contributed by atoms with Gasteiger partial charge in [0, 0.05) is 12.6 Å². The van der Waals surface area contributed by atoms with Gasteiger partial charge in [-0.3, -0.25) is 0 Å². The van der Waals surface area contributed by atoms with Crippen LogP contribution in [0, 0.1) is 11.3 Å². The lowest BCUT2D eigenvalue weighted by atomic mass is 9.80. The average Bonchev–Trinajstić information content (AvgIpc) is 3.20. The summed E-state index contributed by atoms with van der Waals surface area (Å²) in [4.78, 5) is 16.0. The van der Waals surface area contributed by atoms with Crippen molar-refractivity contribution in [3.8, 4) is 0 Å². The lowest BCUT2D eigenvalue weighted by molar-refractivity contribution is -0.137. The SMILES string of the molecule is CC(=N)c1nc(NC(C)C2CCC2)c2c(n1)nc(N1CCCCC1CF)n2Cc1ccc(C(F)(F)F)cc1. The van der Waals surface area contributed by atoms with Crippen molar-refractivity contribution in [2.24, 2.45) is 5.92 Å². The normalized spacial score (nSPS) is 19.4. The number of anilines is 2. The minimum atomic E-state index is -4.42. The molecule has 1 aromatic carbocycles. The molecule has 2 aliphatic rings. The van der Waals surface area contributed by atoms with Gasteiger partial charge in [0.15, 0.2) is 17.3 Å². The first-order valence-corrected chi connectivity index (χ1v) is 13.2. The Hall–Kier alpha value is -3.24. The van der Waals surface area contributed by atoms with Crippen LogP contribution in [0.2, 0.25) is 0 Å². The van der Waals surface area contributed by atoms with Crippen molar-refractivity contribution in [1.29, 1.82) is 5.41 Å². The van der Waals surface area contributed by atoms with Crippen molar-refractivity contribution < 1.29 is 17.6 Å². The molecule has 3 heterocycles. The predicted octanol–water partition coefficient (Wildman–Crippen LogP) is 6.21. The largest absolute Gasteiger partial charge is 0.416 e. The van der Waals surface area contributed by atoms with E-state index in [9.17, 15) is 17.6 Å². The van der Waals surface area contributed by atoms with Gasteiger partial charge in [-0.1, -0.05) is 18.6 Å². The molecule has 1 saturated heterocycles. The Morgan fingerprint density at radius 2 is 1.82 bits per heavy atom. The summed E-state index contributed by atoms with van der Waals surface area (Å²) in [5, 5.41) is 11.7. The molecular formula is C27H33F4N7. The number of benzene rings is 1. The van der Waals surface area contributed by atoms with Crippen LogP contribution in [-0.4, -0.2) is 50.5 Å². The van der Waals surface area contributed by atoms with E-state index in [-0.39, 0.29) is 30.2 Å². The highest BCUT2D eigenvalue weighted by Gasteiger charge is 2.32. The molecule has 0 radical (unpaired) electrons. The minimum absolute atomic E-state index is 0.132. The summed E-state index contributed by atoms with van der Waals surface area (Å²) in [7, 11) is 0. The predicted molar refractivity (Wildman–Crippen MR) is 140 cm³/mol. The van der Waals surface area contributed by atoms with Gasteiger partial charge < -0.3 is 20.2 Å². The molecule has 1 aliphatic heterocycles. The molecule has 7 nitrogen and oxygen atoms in total. The summed E-state index contributed by atoms with van der Waals surface area (Å²) < 4.78 is 55.5. The number of piperidine rings is 1. The van der Waals surface area contributed by atoms with E-state index in [0.29, 0.717) is 47.4 Å². The zero-order valence-electron chi connectivity index (χ0n) is 21.7. The average molecular weight is 532 g/mol. The smallest absolute Gasteiger partial charge is 0.365 e. The second kappa shape index (κ2) is 10.5. The Morgan fingerprint density at radius 1 is 1.08 bits per heavy atom. The third kappa shape index (κ3) is 5.19. The maximum Gasteiger partial charge on any atom is 0.416 e. The van der Waals surface area contributed by atoms with Crippen molar-refractivity contribution in [3.63, 3.8) is 0 Å². The molecule has 1 saturated carbocycles. The number of rotatable bonds is 8. The van der Waals surface area contributed by atoms with Gasteiger partial charge in [0.2, 0.25) is 5.95 Å². The summed E-state index contributed by atoms with van der Waals surface area (Å²) in [5.41, 5.74) is 1.13. The Balaban J connectivity index is 1.65. The second-order valence-corrected chi connectivity index (χ2v) is 10.5. The molecule has 204 valence electrons. The number of nitrogens with one attached hydrogen (secondary N) is 2. The maximum absolute atomic E-state index is 14.1. The minimum Gasteiger partial charge on any atom is -0.365 e. The quantitative estimate of drug-likeness (QED) is 0.267. The molecule has 0 spiro atoms. The van der Waals surface area contributed by atoms with Gasteiger partial charge in [-0.15, -0.1) is 0 Å². The fourth-order valence-corrected chi connectivity index (χ4v) is 5.34. The molecule has 2 N–H and O–H groups in total. The van der Waals surface area contributed by atoms with Crippen molar-refractivity contribution in [1.82, 2.24) is 19.5 Å². The molecule has 38 heavy (non-hydrogen) atoms. The van der Waals surface area contributed by atoms with Crippen LogP contribution in [0.15, 0.2) is 24.3 Å². The molecule has 2 fully saturated rings. The number of alkyl halides is 4. The summed E-state index contributed by atoms with van der Waals surface area (Å²) in [6.07, 6.45) is 1.53. The monoisotopic (exact) mass is 531 g/mol. The fourth-order valence-electron chi connectivity index (χ4n) is 5.34. The Labute approximate surface area is 219 Å². The Kier molecular flexibility index (Phi) is 7.28. The zero-order valence-corrected chi connectivity index (χ0v) is 21.7. The van der Waals surface area contributed by atoms with Gasteiger partial charge in [0.05, 0.1) is 23.9 Å². The van der Waals surface area contributed by atoms with E-state index < -0.39 is 18.4 Å². The van der Waals surface area contributed by atoms with Gasteiger partial charge >= 0.3 is 6.18 Å². The highest BCUT2D eigenvalue weighted by Crippen LogP contribution is 2.35.